The molecule has 166 valence electrons. The molecule has 0 aliphatic rings. The van der Waals surface area contributed by atoms with Gasteiger partial charge in [-0.2, -0.15) is 0 Å². The van der Waals surface area contributed by atoms with Gasteiger partial charge in [-0.1, -0.05) is 124 Å². The minimum absolute atomic E-state index is 0.0942. The molecule has 0 N–H and O–H groups in total. The van der Waals surface area contributed by atoms with Gasteiger partial charge in [-0.05, 0) is 28.2 Å². The van der Waals surface area contributed by atoms with Crippen LogP contribution in [0.15, 0.2) is 109 Å². The van der Waals surface area contributed by atoms with Crippen LogP contribution in [0, 0.1) is 0 Å². The molecule has 5 aromatic rings. The lowest BCUT2D eigenvalue weighted by molar-refractivity contribution is 0.590. The SMILES string of the molecule is CC(C)(C)c1cccc(-c2cccc(-c3nc(-c4ccccc4)nc(-c4ccccc4)n3)c2)c1. The van der Waals surface area contributed by atoms with Crippen molar-refractivity contribution in [3.8, 4) is 45.3 Å². The Morgan fingerprint density at radius 1 is 0.412 bits per heavy atom. The maximum atomic E-state index is 4.87. The van der Waals surface area contributed by atoms with E-state index < -0.39 is 0 Å². The first kappa shape index (κ1) is 21.7. The van der Waals surface area contributed by atoms with E-state index in [-0.39, 0.29) is 5.41 Å². The summed E-state index contributed by atoms with van der Waals surface area (Å²) in [6.07, 6.45) is 0. The van der Waals surface area contributed by atoms with Gasteiger partial charge in [0.2, 0.25) is 0 Å². The quantitative estimate of drug-likeness (QED) is 0.285. The largest absolute Gasteiger partial charge is 0.208 e. The van der Waals surface area contributed by atoms with Crippen molar-refractivity contribution >= 4 is 0 Å². The maximum absolute atomic E-state index is 4.87. The van der Waals surface area contributed by atoms with Crippen molar-refractivity contribution in [1.82, 2.24) is 15.0 Å². The standard InChI is InChI=1S/C31H27N3/c1-31(2,3)27-19-11-17-25(21-27)24-16-10-18-26(20-24)30-33-28(22-12-6-4-7-13-22)32-29(34-30)23-14-8-5-9-15-23/h4-21H,1-3H3. The first-order valence-electron chi connectivity index (χ1n) is 11.6. The van der Waals surface area contributed by atoms with Crippen LogP contribution in [0.5, 0.6) is 0 Å². The third-order valence-electron chi connectivity index (χ3n) is 5.88. The zero-order chi connectivity index (χ0) is 23.5. The van der Waals surface area contributed by atoms with Gasteiger partial charge in [-0.15, -0.1) is 0 Å². The summed E-state index contributed by atoms with van der Waals surface area (Å²) in [5, 5.41) is 0. The molecular formula is C31H27N3. The molecule has 0 bridgehead atoms. The minimum Gasteiger partial charge on any atom is -0.208 e. The van der Waals surface area contributed by atoms with Crippen LogP contribution >= 0.6 is 0 Å². The summed E-state index contributed by atoms with van der Waals surface area (Å²) in [5.74, 6) is 2.01. The molecule has 1 heterocycles. The van der Waals surface area contributed by atoms with Gasteiger partial charge in [-0.25, -0.2) is 15.0 Å². The van der Waals surface area contributed by atoms with Gasteiger partial charge in [0, 0.05) is 16.7 Å². The van der Waals surface area contributed by atoms with Crippen LogP contribution in [0.25, 0.3) is 45.3 Å². The molecule has 3 nitrogen and oxygen atoms in total. The fraction of sp³-hybridized carbons (Fsp3) is 0.129. The predicted octanol–water partition coefficient (Wildman–Crippen LogP) is 7.84. The molecule has 0 atom stereocenters. The number of hydrogen-bond acceptors (Lipinski definition) is 3. The van der Waals surface area contributed by atoms with E-state index in [0.717, 1.165) is 22.3 Å². The lowest BCUT2D eigenvalue weighted by Gasteiger charge is -2.20. The Bertz CT molecular complexity index is 1360. The van der Waals surface area contributed by atoms with Crippen LogP contribution < -0.4 is 0 Å². The van der Waals surface area contributed by atoms with Crippen molar-refractivity contribution in [2.75, 3.05) is 0 Å². The number of nitrogens with zero attached hydrogens (tertiary/aromatic N) is 3. The molecule has 0 saturated carbocycles. The number of benzene rings is 4. The summed E-state index contributed by atoms with van der Waals surface area (Å²) in [6, 6.07) is 37.3. The van der Waals surface area contributed by atoms with Crippen molar-refractivity contribution in [3.05, 3.63) is 115 Å². The third-order valence-corrected chi connectivity index (χ3v) is 5.88. The molecule has 0 amide bonds. The highest BCUT2D eigenvalue weighted by Crippen LogP contribution is 2.30. The van der Waals surface area contributed by atoms with Crippen molar-refractivity contribution in [3.63, 3.8) is 0 Å². The summed E-state index contributed by atoms with van der Waals surface area (Å²) < 4.78 is 0. The minimum atomic E-state index is 0.0942. The second-order valence-corrected chi connectivity index (χ2v) is 9.45. The van der Waals surface area contributed by atoms with Crippen molar-refractivity contribution < 1.29 is 0 Å². The van der Waals surface area contributed by atoms with Crippen molar-refractivity contribution in [1.29, 1.82) is 0 Å². The smallest absolute Gasteiger partial charge is 0.164 e. The van der Waals surface area contributed by atoms with Crippen LogP contribution in [0.1, 0.15) is 26.3 Å². The summed E-state index contributed by atoms with van der Waals surface area (Å²) in [5.41, 5.74) is 6.65. The van der Waals surface area contributed by atoms with Gasteiger partial charge in [0.1, 0.15) is 0 Å². The van der Waals surface area contributed by atoms with Gasteiger partial charge in [0.25, 0.3) is 0 Å². The van der Waals surface area contributed by atoms with Crippen LogP contribution in [0.3, 0.4) is 0 Å². The van der Waals surface area contributed by atoms with Gasteiger partial charge < -0.3 is 0 Å². The fourth-order valence-electron chi connectivity index (χ4n) is 3.94. The zero-order valence-corrected chi connectivity index (χ0v) is 19.7. The molecule has 4 aromatic carbocycles. The average molecular weight is 442 g/mol. The first-order chi connectivity index (χ1) is 16.5. The van der Waals surface area contributed by atoms with E-state index in [0.29, 0.717) is 17.5 Å². The second-order valence-electron chi connectivity index (χ2n) is 9.45. The Morgan fingerprint density at radius 3 is 1.35 bits per heavy atom. The van der Waals surface area contributed by atoms with Crippen molar-refractivity contribution in [2.24, 2.45) is 0 Å². The molecule has 0 spiro atoms. The lowest BCUT2D eigenvalue weighted by Crippen LogP contribution is -2.10. The first-order valence-corrected chi connectivity index (χ1v) is 11.6. The molecule has 1 aromatic heterocycles. The van der Waals surface area contributed by atoms with E-state index in [1.807, 2.05) is 60.7 Å². The summed E-state index contributed by atoms with van der Waals surface area (Å²) in [4.78, 5) is 14.5. The van der Waals surface area contributed by atoms with E-state index in [1.54, 1.807) is 0 Å². The molecule has 5 rings (SSSR count). The van der Waals surface area contributed by atoms with Gasteiger partial charge in [0.05, 0.1) is 0 Å². The molecular weight excluding hydrogens is 414 g/mol. The molecule has 3 heteroatoms. The van der Waals surface area contributed by atoms with E-state index in [4.69, 9.17) is 15.0 Å². The highest BCUT2D eigenvalue weighted by molar-refractivity contribution is 5.72. The van der Waals surface area contributed by atoms with E-state index in [9.17, 15) is 0 Å². The monoisotopic (exact) mass is 441 g/mol. The molecule has 0 saturated heterocycles. The average Bonchev–Trinajstić information content (AvgIpc) is 2.89. The molecule has 0 aliphatic heterocycles. The van der Waals surface area contributed by atoms with Crippen LogP contribution in [-0.2, 0) is 5.41 Å². The van der Waals surface area contributed by atoms with Gasteiger partial charge in [-0.3, -0.25) is 0 Å². The Hall–Kier alpha value is -4.11. The maximum Gasteiger partial charge on any atom is 0.164 e. The molecule has 0 radical (unpaired) electrons. The number of rotatable bonds is 4. The van der Waals surface area contributed by atoms with E-state index in [1.165, 1.54) is 11.1 Å². The van der Waals surface area contributed by atoms with Crippen LogP contribution in [0.2, 0.25) is 0 Å². The van der Waals surface area contributed by atoms with Crippen LogP contribution in [-0.4, -0.2) is 15.0 Å². The highest BCUT2D eigenvalue weighted by Gasteiger charge is 2.15. The second kappa shape index (κ2) is 9.03. The fourth-order valence-corrected chi connectivity index (χ4v) is 3.94. The van der Waals surface area contributed by atoms with Crippen LogP contribution in [0.4, 0.5) is 0 Å². The Kier molecular flexibility index (Phi) is 5.77. The summed E-state index contributed by atoms with van der Waals surface area (Å²) >= 11 is 0. The highest BCUT2D eigenvalue weighted by atomic mass is 15.0. The number of hydrogen-bond donors (Lipinski definition) is 0. The summed E-state index contributed by atoms with van der Waals surface area (Å²) in [7, 11) is 0. The van der Waals surface area contributed by atoms with Crippen molar-refractivity contribution in [2.45, 2.75) is 26.2 Å². The Labute approximate surface area is 201 Å². The van der Waals surface area contributed by atoms with E-state index >= 15 is 0 Å². The normalized spacial score (nSPS) is 11.4. The molecule has 34 heavy (non-hydrogen) atoms. The predicted molar refractivity (Wildman–Crippen MR) is 140 cm³/mol. The molecule has 0 unspecified atom stereocenters. The Morgan fingerprint density at radius 2 is 0.824 bits per heavy atom. The topological polar surface area (TPSA) is 38.7 Å². The molecule has 0 fully saturated rings. The summed E-state index contributed by atoms with van der Waals surface area (Å²) in [6.45, 7) is 6.72. The zero-order valence-electron chi connectivity index (χ0n) is 19.7. The lowest BCUT2D eigenvalue weighted by atomic mass is 9.85. The molecule has 0 aliphatic carbocycles. The van der Waals surface area contributed by atoms with Gasteiger partial charge in [0.15, 0.2) is 17.5 Å². The Balaban J connectivity index is 1.63. The third kappa shape index (κ3) is 4.65. The van der Waals surface area contributed by atoms with Gasteiger partial charge >= 0.3 is 0 Å². The van der Waals surface area contributed by atoms with E-state index in [2.05, 4.69) is 69.3 Å². The number of aromatic nitrogens is 3.